The van der Waals surface area contributed by atoms with E-state index in [0.29, 0.717) is 12.3 Å². The molecule has 0 radical (unpaired) electrons. The van der Waals surface area contributed by atoms with Crippen molar-refractivity contribution >= 4 is 0 Å². The summed E-state index contributed by atoms with van der Waals surface area (Å²) in [5, 5.41) is 12.9. The minimum atomic E-state index is 0.206. The number of benzene rings is 1. The molecule has 90 valence electrons. The highest BCUT2D eigenvalue weighted by molar-refractivity contribution is 5.35. The quantitative estimate of drug-likeness (QED) is 0.777. The Morgan fingerprint density at radius 3 is 2.88 bits per heavy atom. The summed E-state index contributed by atoms with van der Waals surface area (Å²) in [6.45, 7) is 8.24. The molecule has 0 heterocycles. The molecule has 1 aromatic carbocycles. The Hall–Kier alpha value is -1.06. The lowest BCUT2D eigenvalue weighted by atomic mass is 10.1. The molecular formula is C13H21NO2. The zero-order valence-corrected chi connectivity index (χ0v) is 10.3. The van der Waals surface area contributed by atoms with E-state index in [9.17, 15) is 5.11 Å². The van der Waals surface area contributed by atoms with Gasteiger partial charge in [-0.3, -0.25) is 0 Å². The van der Waals surface area contributed by atoms with Crippen LogP contribution in [-0.2, 0) is 11.3 Å². The van der Waals surface area contributed by atoms with Crippen molar-refractivity contribution in [2.24, 2.45) is 0 Å². The Labute approximate surface area is 97.4 Å². The second-order valence-electron chi connectivity index (χ2n) is 4.03. The maximum atomic E-state index is 9.63. The van der Waals surface area contributed by atoms with Crippen LogP contribution >= 0.6 is 0 Å². The van der Waals surface area contributed by atoms with Crippen molar-refractivity contribution in [3.63, 3.8) is 0 Å². The Bertz CT molecular complexity index is 326. The van der Waals surface area contributed by atoms with Crippen molar-refractivity contribution in [1.29, 1.82) is 0 Å². The van der Waals surface area contributed by atoms with E-state index in [2.05, 4.69) is 5.32 Å². The molecular weight excluding hydrogens is 202 g/mol. The largest absolute Gasteiger partial charge is 0.508 e. The maximum absolute atomic E-state index is 9.63. The fourth-order valence-corrected chi connectivity index (χ4v) is 1.61. The first-order valence-electron chi connectivity index (χ1n) is 5.74. The van der Waals surface area contributed by atoms with Gasteiger partial charge in [0.15, 0.2) is 0 Å². The predicted octanol–water partition coefficient (Wildman–Crippen LogP) is 2.22. The molecule has 0 aliphatic rings. The Balaban J connectivity index is 2.39. The number of hydrogen-bond acceptors (Lipinski definition) is 3. The van der Waals surface area contributed by atoms with Crippen molar-refractivity contribution in [2.45, 2.75) is 33.4 Å². The molecule has 1 aromatic rings. The molecule has 0 aromatic heterocycles. The number of aryl methyl sites for hydroxylation is 1. The smallest absolute Gasteiger partial charge is 0.120 e. The molecule has 0 aliphatic carbocycles. The van der Waals surface area contributed by atoms with Gasteiger partial charge in [0, 0.05) is 25.3 Å². The normalized spacial score (nSPS) is 12.7. The van der Waals surface area contributed by atoms with Crippen LogP contribution in [0.5, 0.6) is 5.75 Å². The molecule has 0 aliphatic heterocycles. The van der Waals surface area contributed by atoms with Crippen LogP contribution in [0.25, 0.3) is 0 Å². The number of phenolic OH excluding ortho intramolecular Hbond substituents is 1. The summed E-state index contributed by atoms with van der Waals surface area (Å²) in [7, 11) is 0. The third kappa shape index (κ3) is 4.21. The molecule has 2 N–H and O–H groups in total. The van der Waals surface area contributed by atoms with Gasteiger partial charge in [-0.15, -0.1) is 0 Å². The first kappa shape index (κ1) is 13.0. The van der Waals surface area contributed by atoms with Crippen LogP contribution < -0.4 is 5.32 Å². The van der Waals surface area contributed by atoms with Crippen molar-refractivity contribution in [1.82, 2.24) is 5.32 Å². The summed E-state index contributed by atoms with van der Waals surface area (Å²) in [5.74, 6) is 0.349. The lowest BCUT2D eigenvalue weighted by Gasteiger charge is -2.13. The highest BCUT2D eigenvalue weighted by Gasteiger charge is 2.03. The molecule has 0 saturated heterocycles. The van der Waals surface area contributed by atoms with Gasteiger partial charge >= 0.3 is 0 Å². The number of phenols is 1. The average molecular weight is 223 g/mol. The minimum absolute atomic E-state index is 0.206. The topological polar surface area (TPSA) is 41.5 Å². The Morgan fingerprint density at radius 2 is 2.19 bits per heavy atom. The maximum Gasteiger partial charge on any atom is 0.120 e. The van der Waals surface area contributed by atoms with Gasteiger partial charge in [-0.05, 0) is 26.8 Å². The van der Waals surface area contributed by atoms with Crippen molar-refractivity contribution < 1.29 is 9.84 Å². The summed E-state index contributed by atoms with van der Waals surface area (Å²) >= 11 is 0. The molecule has 0 amide bonds. The lowest BCUT2D eigenvalue weighted by molar-refractivity contribution is 0.0759. The third-order valence-electron chi connectivity index (χ3n) is 2.43. The third-order valence-corrected chi connectivity index (χ3v) is 2.43. The van der Waals surface area contributed by atoms with Crippen LogP contribution in [0.1, 0.15) is 25.0 Å². The van der Waals surface area contributed by atoms with Crippen LogP contribution in [0.15, 0.2) is 18.2 Å². The first-order chi connectivity index (χ1) is 7.63. The van der Waals surface area contributed by atoms with Crippen LogP contribution in [0.3, 0.4) is 0 Å². The molecule has 1 rings (SSSR count). The van der Waals surface area contributed by atoms with Gasteiger partial charge in [0.05, 0.1) is 6.10 Å². The molecule has 3 heteroatoms. The molecule has 1 unspecified atom stereocenters. The molecule has 0 fully saturated rings. The second kappa shape index (κ2) is 6.51. The standard InChI is InChI=1S/C13H21NO2/c1-4-16-11(3)8-14-9-12-7-10(2)5-6-13(12)15/h5-7,11,14-15H,4,8-9H2,1-3H3. The van der Waals surface area contributed by atoms with E-state index in [-0.39, 0.29) is 6.10 Å². The van der Waals surface area contributed by atoms with Crippen LogP contribution in [-0.4, -0.2) is 24.4 Å². The van der Waals surface area contributed by atoms with Crippen LogP contribution in [0.4, 0.5) is 0 Å². The number of nitrogens with one attached hydrogen (secondary N) is 1. The Kier molecular flexibility index (Phi) is 5.29. The van der Waals surface area contributed by atoms with Gasteiger partial charge < -0.3 is 15.2 Å². The van der Waals surface area contributed by atoms with Crippen molar-refractivity contribution in [2.75, 3.05) is 13.2 Å². The fraction of sp³-hybridized carbons (Fsp3) is 0.538. The van der Waals surface area contributed by atoms with Crippen molar-refractivity contribution in [3.8, 4) is 5.75 Å². The number of rotatable bonds is 6. The monoisotopic (exact) mass is 223 g/mol. The van der Waals surface area contributed by atoms with Gasteiger partial charge in [-0.25, -0.2) is 0 Å². The summed E-state index contributed by atoms with van der Waals surface area (Å²) in [6, 6.07) is 5.63. The van der Waals surface area contributed by atoms with E-state index in [0.717, 1.165) is 24.3 Å². The van der Waals surface area contributed by atoms with E-state index in [4.69, 9.17) is 4.74 Å². The molecule has 0 spiro atoms. The van der Waals surface area contributed by atoms with E-state index in [1.165, 1.54) is 0 Å². The highest BCUT2D eigenvalue weighted by Crippen LogP contribution is 2.17. The van der Waals surface area contributed by atoms with Gasteiger partial charge in [0.25, 0.3) is 0 Å². The molecule has 16 heavy (non-hydrogen) atoms. The number of ether oxygens (including phenoxy) is 1. The SMILES string of the molecule is CCOC(C)CNCc1cc(C)ccc1O. The number of aromatic hydroxyl groups is 1. The minimum Gasteiger partial charge on any atom is -0.508 e. The van der Waals surface area contributed by atoms with Gasteiger partial charge in [0.2, 0.25) is 0 Å². The predicted molar refractivity (Wildman–Crippen MR) is 65.6 cm³/mol. The van der Waals surface area contributed by atoms with E-state index >= 15 is 0 Å². The summed E-state index contributed by atoms with van der Waals surface area (Å²) in [5.41, 5.74) is 2.09. The number of hydrogen-bond donors (Lipinski definition) is 2. The van der Waals surface area contributed by atoms with Crippen LogP contribution in [0.2, 0.25) is 0 Å². The van der Waals surface area contributed by atoms with E-state index in [1.807, 2.05) is 32.9 Å². The van der Waals surface area contributed by atoms with E-state index in [1.54, 1.807) is 6.07 Å². The summed E-state index contributed by atoms with van der Waals surface area (Å²) in [4.78, 5) is 0. The lowest BCUT2D eigenvalue weighted by Crippen LogP contribution is -2.26. The summed E-state index contributed by atoms with van der Waals surface area (Å²) in [6.07, 6.45) is 0.206. The second-order valence-corrected chi connectivity index (χ2v) is 4.03. The zero-order chi connectivity index (χ0) is 12.0. The highest BCUT2D eigenvalue weighted by atomic mass is 16.5. The van der Waals surface area contributed by atoms with Crippen molar-refractivity contribution in [3.05, 3.63) is 29.3 Å². The zero-order valence-electron chi connectivity index (χ0n) is 10.3. The molecule has 1 atom stereocenters. The van der Waals surface area contributed by atoms with Gasteiger partial charge in [0.1, 0.15) is 5.75 Å². The van der Waals surface area contributed by atoms with Gasteiger partial charge in [-0.2, -0.15) is 0 Å². The Morgan fingerprint density at radius 1 is 1.44 bits per heavy atom. The van der Waals surface area contributed by atoms with E-state index < -0.39 is 0 Å². The molecule has 0 saturated carbocycles. The molecule has 0 bridgehead atoms. The fourth-order valence-electron chi connectivity index (χ4n) is 1.61. The summed E-state index contributed by atoms with van der Waals surface area (Å²) < 4.78 is 5.41. The average Bonchev–Trinajstić information content (AvgIpc) is 2.23. The molecule has 3 nitrogen and oxygen atoms in total. The van der Waals surface area contributed by atoms with Gasteiger partial charge in [-0.1, -0.05) is 17.7 Å². The first-order valence-corrected chi connectivity index (χ1v) is 5.74. The van der Waals surface area contributed by atoms with Crippen LogP contribution in [0, 0.1) is 6.92 Å².